The second kappa shape index (κ2) is 15.1. The van der Waals surface area contributed by atoms with Crippen LogP contribution in [0.5, 0.6) is 5.75 Å². The molecule has 0 aromatic heterocycles. The zero-order chi connectivity index (χ0) is 30.7. The van der Waals surface area contributed by atoms with E-state index in [-0.39, 0.29) is 5.91 Å². The van der Waals surface area contributed by atoms with E-state index in [2.05, 4.69) is 42.8 Å². The first kappa shape index (κ1) is 30.7. The minimum absolute atomic E-state index is 0.176. The normalized spacial score (nSPS) is 15.3. The molecule has 44 heavy (non-hydrogen) atoms. The molecule has 0 aliphatic carbocycles. The Morgan fingerprint density at radius 1 is 0.864 bits per heavy atom. The predicted octanol–water partition coefficient (Wildman–Crippen LogP) is 3.99. The Hall–Kier alpha value is -4.79. The number of benzene rings is 3. The van der Waals surface area contributed by atoms with E-state index in [0.717, 1.165) is 82.6 Å². The van der Waals surface area contributed by atoms with E-state index in [4.69, 9.17) is 14.7 Å². The summed E-state index contributed by atoms with van der Waals surface area (Å²) >= 11 is 0. The Morgan fingerprint density at radius 3 is 2.23 bits per heavy atom. The first-order chi connectivity index (χ1) is 21.5. The van der Waals surface area contributed by atoms with E-state index in [1.54, 1.807) is 37.4 Å². The summed E-state index contributed by atoms with van der Waals surface area (Å²) in [6, 6.07) is 21.7. The highest BCUT2D eigenvalue weighted by molar-refractivity contribution is 6.04. The van der Waals surface area contributed by atoms with E-state index in [1.165, 1.54) is 0 Å². The molecule has 0 spiro atoms. The van der Waals surface area contributed by atoms with Gasteiger partial charge >= 0.3 is 6.03 Å². The van der Waals surface area contributed by atoms with Gasteiger partial charge in [0.15, 0.2) is 0 Å². The van der Waals surface area contributed by atoms with E-state index in [1.807, 2.05) is 30.3 Å². The molecular formula is C33H39N7O4. The number of para-hydroxylation sites is 2. The first-order valence-electron chi connectivity index (χ1n) is 15.0. The maximum Gasteiger partial charge on any atom is 0.323 e. The second-order valence-electron chi connectivity index (χ2n) is 10.7. The summed E-state index contributed by atoms with van der Waals surface area (Å²) in [5, 5.41) is 17.7. The van der Waals surface area contributed by atoms with Crippen LogP contribution in [-0.4, -0.2) is 89.5 Å². The Balaban J connectivity index is 1.27. The molecule has 11 nitrogen and oxygen atoms in total. The van der Waals surface area contributed by atoms with E-state index >= 15 is 0 Å². The fourth-order valence-electron chi connectivity index (χ4n) is 5.50. The van der Waals surface area contributed by atoms with Crippen LogP contribution in [0.25, 0.3) is 0 Å². The number of amides is 3. The molecule has 0 radical (unpaired) electrons. The average Bonchev–Trinajstić information content (AvgIpc) is 3.07. The molecular weight excluding hydrogens is 558 g/mol. The van der Waals surface area contributed by atoms with Crippen LogP contribution in [0.15, 0.2) is 66.7 Å². The van der Waals surface area contributed by atoms with Gasteiger partial charge in [-0.05, 0) is 67.6 Å². The molecule has 3 N–H and O–H groups in total. The summed E-state index contributed by atoms with van der Waals surface area (Å²) in [6.07, 6.45) is 0.837. The standard InChI is InChI=1S/C33H39N7O4/c1-43-31-6-3-2-5-30(31)40-17-15-39(16-18-40)29-12-11-27(37-33(42)36-26-9-7-25(24-34)8-10-26)23-28(29)32(41)35-13-4-14-38-19-21-44-22-20-38/h2-3,5-12,23H,4,13-22H2,1H3,(H,35,41)(H2,36,37,42). The van der Waals surface area contributed by atoms with Crippen molar-refractivity contribution in [2.24, 2.45) is 0 Å². The van der Waals surface area contributed by atoms with Crippen LogP contribution >= 0.6 is 0 Å². The van der Waals surface area contributed by atoms with Crippen molar-refractivity contribution in [1.82, 2.24) is 10.2 Å². The first-order valence-corrected chi connectivity index (χ1v) is 15.0. The lowest BCUT2D eigenvalue weighted by atomic mass is 10.1. The van der Waals surface area contributed by atoms with Crippen LogP contribution in [0.3, 0.4) is 0 Å². The van der Waals surface area contributed by atoms with Gasteiger partial charge in [-0.2, -0.15) is 5.26 Å². The molecule has 11 heteroatoms. The summed E-state index contributed by atoms with van der Waals surface area (Å²) in [7, 11) is 1.68. The maximum atomic E-state index is 13.6. The van der Waals surface area contributed by atoms with Gasteiger partial charge in [-0.1, -0.05) is 12.1 Å². The molecule has 3 amide bonds. The highest BCUT2D eigenvalue weighted by atomic mass is 16.5. The third-order valence-electron chi connectivity index (χ3n) is 7.86. The van der Waals surface area contributed by atoms with Crippen LogP contribution in [0, 0.1) is 11.3 Å². The Kier molecular flexibility index (Phi) is 10.5. The van der Waals surface area contributed by atoms with Crippen molar-refractivity contribution >= 4 is 34.7 Å². The number of piperazine rings is 1. The number of rotatable bonds is 10. The van der Waals surface area contributed by atoms with Crippen molar-refractivity contribution < 1.29 is 19.1 Å². The highest BCUT2D eigenvalue weighted by Crippen LogP contribution is 2.31. The summed E-state index contributed by atoms with van der Waals surface area (Å²) < 4.78 is 11.0. The maximum absolute atomic E-state index is 13.6. The molecule has 0 saturated carbocycles. The molecule has 3 aromatic carbocycles. The monoisotopic (exact) mass is 597 g/mol. The zero-order valence-corrected chi connectivity index (χ0v) is 25.1. The SMILES string of the molecule is COc1ccccc1N1CCN(c2ccc(NC(=O)Nc3ccc(C#N)cc3)cc2C(=O)NCCCN2CCOCC2)CC1. The van der Waals surface area contributed by atoms with Crippen LogP contribution in [0.2, 0.25) is 0 Å². The number of hydrogen-bond acceptors (Lipinski definition) is 8. The topological polar surface area (TPSA) is 122 Å². The van der Waals surface area contributed by atoms with Gasteiger partial charge in [-0.15, -0.1) is 0 Å². The molecule has 2 heterocycles. The number of anilines is 4. The van der Waals surface area contributed by atoms with Gasteiger partial charge in [0.1, 0.15) is 5.75 Å². The fraction of sp³-hybridized carbons (Fsp3) is 0.364. The smallest absolute Gasteiger partial charge is 0.323 e. The number of methoxy groups -OCH3 is 1. The number of nitrogens with zero attached hydrogens (tertiary/aromatic N) is 4. The third kappa shape index (κ3) is 7.98. The lowest BCUT2D eigenvalue weighted by molar-refractivity contribution is 0.0374. The van der Waals surface area contributed by atoms with Gasteiger partial charge in [-0.3, -0.25) is 9.69 Å². The Labute approximate surface area is 258 Å². The molecule has 3 aromatic rings. The van der Waals surface area contributed by atoms with Crippen molar-refractivity contribution in [1.29, 1.82) is 5.26 Å². The third-order valence-corrected chi connectivity index (χ3v) is 7.86. The molecule has 2 fully saturated rings. The van der Waals surface area contributed by atoms with Crippen LogP contribution in [0.4, 0.5) is 27.5 Å². The van der Waals surface area contributed by atoms with Gasteiger partial charge < -0.3 is 35.2 Å². The summed E-state index contributed by atoms with van der Waals surface area (Å²) in [6.45, 7) is 7.77. The van der Waals surface area contributed by atoms with E-state index in [0.29, 0.717) is 29.0 Å². The van der Waals surface area contributed by atoms with Crippen molar-refractivity contribution in [3.8, 4) is 11.8 Å². The lowest BCUT2D eigenvalue weighted by Crippen LogP contribution is -2.47. The van der Waals surface area contributed by atoms with Crippen molar-refractivity contribution in [2.45, 2.75) is 6.42 Å². The zero-order valence-electron chi connectivity index (χ0n) is 25.1. The number of nitrogens with one attached hydrogen (secondary N) is 3. The summed E-state index contributed by atoms with van der Waals surface area (Å²) in [5.41, 5.74) is 3.97. The van der Waals surface area contributed by atoms with Crippen molar-refractivity contribution in [2.75, 3.05) is 93.1 Å². The average molecular weight is 598 g/mol. The fourth-order valence-corrected chi connectivity index (χ4v) is 5.50. The van der Waals surface area contributed by atoms with Crippen LogP contribution < -0.4 is 30.5 Å². The molecule has 5 rings (SSSR count). The molecule has 0 unspecified atom stereocenters. The minimum atomic E-state index is -0.440. The van der Waals surface area contributed by atoms with Crippen molar-refractivity contribution in [3.05, 3.63) is 77.9 Å². The van der Waals surface area contributed by atoms with Gasteiger partial charge in [0.2, 0.25) is 0 Å². The molecule has 230 valence electrons. The van der Waals surface area contributed by atoms with Gasteiger partial charge in [0.25, 0.3) is 5.91 Å². The van der Waals surface area contributed by atoms with Gasteiger partial charge in [-0.25, -0.2) is 4.79 Å². The Bertz CT molecular complexity index is 1460. The van der Waals surface area contributed by atoms with E-state index in [9.17, 15) is 9.59 Å². The lowest BCUT2D eigenvalue weighted by Gasteiger charge is -2.38. The molecule has 0 bridgehead atoms. The number of carbonyl (C=O) groups excluding carboxylic acids is 2. The minimum Gasteiger partial charge on any atom is -0.495 e. The van der Waals surface area contributed by atoms with Crippen LogP contribution in [-0.2, 0) is 4.74 Å². The number of ether oxygens (including phenoxy) is 2. The largest absolute Gasteiger partial charge is 0.495 e. The predicted molar refractivity (Wildman–Crippen MR) is 172 cm³/mol. The van der Waals surface area contributed by atoms with Gasteiger partial charge in [0.05, 0.1) is 43.2 Å². The summed E-state index contributed by atoms with van der Waals surface area (Å²) in [5.74, 6) is 0.665. The summed E-state index contributed by atoms with van der Waals surface area (Å²) in [4.78, 5) is 33.2. The van der Waals surface area contributed by atoms with Gasteiger partial charge in [0, 0.05) is 62.9 Å². The highest BCUT2D eigenvalue weighted by Gasteiger charge is 2.24. The molecule has 0 atom stereocenters. The quantitative estimate of drug-likeness (QED) is 0.300. The van der Waals surface area contributed by atoms with E-state index < -0.39 is 6.03 Å². The second-order valence-corrected chi connectivity index (χ2v) is 10.7. The molecule has 2 saturated heterocycles. The number of carbonyl (C=O) groups is 2. The molecule has 2 aliphatic heterocycles. The number of hydrogen-bond donors (Lipinski definition) is 3. The Morgan fingerprint density at radius 2 is 1.52 bits per heavy atom. The molecule has 2 aliphatic rings. The number of urea groups is 1. The number of nitriles is 1. The van der Waals surface area contributed by atoms with Crippen molar-refractivity contribution in [3.63, 3.8) is 0 Å². The van der Waals surface area contributed by atoms with Crippen LogP contribution in [0.1, 0.15) is 22.3 Å². The number of morpholine rings is 1.